The van der Waals surface area contributed by atoms with Crippen LogP contribution >= 0.6 is 11.3 Å². The summed E-state index contributed by atoms with van der Waals surface area (Å²) in [5.41, 5.74) is 0.952. The summed E-state index contributed by atoms with van der Waals surface area (Å²) in [6, 6.07) is 7.72. The number of esters is 1. The third-order valence-electron chi connectivity index (χ3n) is 3.38. The van der Waals surface area contributed by atoms with Crippen LogP contribution in [0, 0.1) is 5.92 Å². The molecular formula is C16H22N2O2S. The van der Waals surface area contributed by atoms with Crippen molar-refractivity contribution in [3.8, 4) is 0 Å². The first-order valence-corrected chi connectivity index (χ1v) is 7.94. The maximum Gasteiger partial charge on any atom is 0.324 e. The minimum Gasteiger partial charge on any atom is -0.454 e. The highest BCUT2D eigenvalue weighted by molar-refractivity contribution is 7.18. The van der Waals surface area contributed by atoms with Crippen molar-refractivity contribution in [1.82, 2.24) is 9.88 Å². The van der Waals surface area contributed by atoms with Crippen LogP contribution < -0.4 is 0 Å². The molecule has 0 saturated carbocycles. The second-order valence-electron chi connectivity index (χ2n) is 5.75. The molecule has 0 aliphatic heterocycles. The fourth-order valence-corrected chi connectivity index (χ4v) is 3.39. The van der Waals surface area contributed by atoms with Crippen LogP contribution in [0.4, 0.5) is 0 Å². The van der Waals surface area contributed by atoms with Crippen LogP contribution in [0.2, 0.25) is 0 Å². The van der Waals surface area contributed by atoms with E-state index in [0.717, 1.165) is 15.2 Å². The second kappa shape index (κ2) is 6.54. The van der Waals surface area contributed by atoms with Crippen molar-refractivity contribution in [3.05, 3.63) is 29.3 Å². The van der Waals surface area contributed by atoms with Gasteiger partial charge in [-0.2, -0.15) is 0 Å². The highest BCUT2D eigenvalue weighted by atomic mass is 32.1. The van der Waals surface area contributed by atoms with Gasteiger partial charge in [0.15, 0.2) is 6.10 Å². The average molecular weight is 306 g/mol. The Labute approximate surface area is 129 Å². The number of fused-ring (bicyclic) bond motifs is 1. The molecule has 0 N–H and O–H groups in total. The third-order valence-corrected chi connectivity index (χ3v) is 4.58. The van der Waals surface area contributed by atoms with Gasteiger partial charge in [0.1, 0.15) is 11.0 Å². The van der Waals surface area contributed by atoms with Gasteiger partial charge >= 0.3 is 5.97 Å². The minimum atomic E-state index is -0.323. The first kappa shape index (κ1) is 15.9. The molecule has 2 aromatic rings. The predicted octanol–water partition coefficient (Wildman–Crippen LogP) is 3.49. The monoisotopic (exact) mass is 306 g/mol. The molecule has 2 atom stereocenters. The van der Waals surface area contributed by atoms with E-state index in [1.807, 2.05) is 64.0 Å². The number of benzene rings is 1. The molecule has 5 heteroatoms. The molecule has 0 unspecified atom stereocenters. The summed E-state index contributed by atoms with van der Waals surface area (Å²) >= 11 is 1.57. The Bertz CT molecular complexity index is 581. The van der Waals surface area contributed by atoms with E-state index in [4.69, 9.17) is 4.74 Å². The number of para-hydroxylation sites is 1. The van der Waals surface area contributed by atoms with E-state index in [-0.39, 0.29) is 24.0 Å². The largest absolute Gasteiger partial charge is 0.454 e. The van der Waals surface area contributed by atoms with Gasteiger partial charge in [0.2, 0.25) is 0 Å². The quantitative estimate of drug-likeness (QED) is 0.793. The Kier molecular flexibility index (Phi) is 4.96. The molecule has 114 valence electrons. The van der Waals surface area contributed by atoms with Crippen LogP contribution in [-0.2, 0) is 9.53 Å². The van der Waals surface area contributed by atoms with Gasteiger partial charge in [-0.15, -0.1) is 11.3 Å². The van der Waals surface area contributed by atoms with Crippen molar-refractivity contribution in [2.75, 3.05) is 14.1 Å². The first-order chi connectivity index (χ1) is 9.90. The van der Waals surface area contributed by atoms with Crippen molar-refractivity contribution < 1.29 is 9.53 Å². The van der Waals surface area contributed by atoms with E-state index in [1.165, 1.54) is 0 Å². The summed E-state index contributed by atoms with van der Waals surface area (Å²) in [5, 5.41) is 0.839. The molecule has 0 saturated heterocycles. The SMILES string of the molecule is CC(C)[C@@H](C(=O)O[C@H](C)c1nc2ccccc2s1)N(C)C. The number of hydrogen-bond donors (Lipinski definition) is 0. The van der Waals surface area contributed by atoms with E-state index in [2.05, 4.69) is 4.98 Å². The molecule has 0 fully saturated rings. The maximum atomic E-state index is 12.3. The van der Waals surface area contributed by atoms with Crippen LogP contribution in [0.3, 0.4) is 0 Å². The molecule has 1 aromatic heterocycles. The van der Waals surface area contributed by atoms with Gasteiger partial charge in [0.05, 0.1) is 10.2 Å². The van der Waals surface area contributed by atoms with Crippen molar-refractivity contribution in [2.24, 2.45) is 5.92 Å². The van der Waals surface area contributed by atoms with Gasteiger partial charge in [-0.1, -0.05) is 26.0 Å². The summed E-state index contributed by atoms with van der Waals surface area (Å²) in [6.45, 7) is 5.92. The zero-order valence-electron chi connectivity index (χ0n) is 13.2. The van der Waals surface area contributed by atoms with Gasteiger partial charge in [0.25, 0.3) is 0 Å². The Hall–Kier alpha value is -1.46. The molecule has 1 aromatic carbocycles. The number of likely N-dealkylation sites (N-methyl/N-ethyl adjacent to an activating group) is 1. The maximum absolute atomic E-state index is 12.3. The number of nitrogens with zero attached hydrogens (tertiary/aromatic N) is 2. The molecule has 4 nitrogen and oxygen atoms in total. The number of carbonyl (C=O) groups excluding carboxylic acids is 1. The third kappa shape index (κ3) is 3.60. The van der Waals surface area contributed by atoms with Gasteiger partial charge < -0.3 is 4.74 Å². The van der Waals surface area contributed by atoms with E-state index in [9.17, 15) is 4.79 Å². The van der Waals surface area contributed by atoms with Crippen molar-refractivity contribution >= 4 is 27.5 Å². The zero-order chi connectivity index (χ0) is 15.6. The highest BCUT2D eigenvalue weighted by Gasteiger charge is 2.28. The predicted molar refractivity (Wildman–Crippen MR) is 86.4 cm³/mol. The Morgan fingerprint density at radius 3 is 2.48 bits per heavy atom. The molecule has 0 aliphatic carbocycles. The van der Waals surface area contributed by atoms with Crippen LogP contribution in [0.25, 0.3) is 10.2 Å². The van der Waals surface area contributed by atoms with Crippen LogP contribution in [0.15, 0.2) is 24.3 Å². The van der Waals surface area contributed by atoms with Crippen LogP contribution in [-0.4, -0.2) is 36.0 Å². The molecule has 0 spiro atoms. The minimum absolute atomic E-state index is 0.193. The Morgan fingerprint density at radius 1 is 1.24 bits per heavy atom. The lowest BCUT2D eigenvalue weighted by atomic mass is 10.0. The standard InChI is InChI=1S/C16H22N2O2S/c1-10(2)14(18(4)5)16(19)20-11(3)15-17-12-8-6-7-9-13(12)21-15/h6-11,14H,1-5H3/t11-,14+/m1/s1. The lowest BCUT2D eigenvalue weighted by Crippen LogP contribution is -2.41. The number of hydrogen-bond acceptors (Lipinski definition) is 5. The van der Waals surface area contributed by atoms with Gasteiger partial charge in [0, 0.05) is 0 Å². The smallest absolute Gasteiger partial charge is 0.324 e. The lowest BCUT2D eigenvalue weighted by molar-refractivity contribution is -0.155. The summed E-state index contributed by atoms with van der Waals surface area (Å²) in [5.74, 6) is 0.0109. The summed E-state index contributed by atoms with van der Waals surface area (Å²) < 4.78 is 6.73. The van der Waals surface area contributed by atoms with Crippen molar-refractivity contribution in [1.29, 1.82) is 0 Å². The average Bonchev–Trinajstić information content (AvgIpc) is 2.81. The summed E-state index contributed by atoms with van der Waals surface area (Å²) in [6.07, 6.45) is -0.323. The van der Waals surface area contributed by atoms with E-state index >= 15 is 0 Å². The zero-order valence-corrected chi connectivity index (χ0v) is 14.0. The molecule has 2 rings (SSSR count). The van der Waals surface area contributed by atoms with Gasteiger partial charge in [-0.3, -0.25) is 9.69 Å². The topological polar surface area (TPSA) is 42.4 Å². The second-order valence-corrected chi connectivity index (χ2v) is 6.81. The number of ether oxygens (including phenoxy) is 1. The normalized spacial score (nSPS) is 14.6. The molecule has 0 bridgehead atoms. The number of thiazole rings is 1. The fourth-order valence-electron chi connectivity index (χ4n) is 2.44. The number of rotatable bonds is 5. The Balaban J connectivity index is 2.13. The number of carbonyl (C=O) groups is 1. The first-order valence-electron chi connectivity index (χ1n) is 7.12. The molecule has 0 radical (unpaired) electrons. The highest BCUT2D eigenvalue weighted by Crippen LogP contribution is 2.28. The van der Waals surface area contributed by atoms with Crippen LogP contribution in [0.5, 0.6) is 0 Å². The van der Waals surface area contributed by atoms with Crippen molar-refractivity contribution in [3.63, 3.8) is 0 Å². The summed E-state index contributed by atoms with van der Waals surface area (Å²) in [4.78, 5) is 18.8. The lowest BCUT2D eigenvalue weighted by Gasteiger charge is -2.26. The van der Waals surface area contributed by atoms with Crippen LogP contribution in [0.1, 0.15) is 31.9 Å². The molecule has 0 aliphatic rings. The van der Waals surface area contributed by atoms with E-state index in [0.29, 0.717) is 0 Å². The number of aromatic nitrogens is 1. The molecule has 1 heterocycles. The van der Waals surface area contributed by atoms with Gasteiger partial charge in [-0.25, -0.2) is 4.98 Å². The summed E-state index contributed by atoms with van der Waals surface area (Å²) in [7, 11) is 3.79. The molecule has 21 heavy (non-hydrogen) atoms. The van der Waals surface area contributed by atoms with E-state index in [1.54, 1.807) is 11.3 Å². The fraction of sp³-hybridized carbons (Fsp3) is 0.500. The van der Waals surface area contributed by atoms with Crippen molar-refractivity contribution in [2.45, 2.75) is 32.9 Å². The Morgan fingerprint density at radius 2 is 1.90 bits per heavy atom. The van der Waals surface area contributed by atoms with E-state index < -0.39 is 0 Å². The molecule has 0 amide bonds. The molecular weight excluding hydrogens is 284 g/mol. The van der Waals surface area contributed by atoms with Gasteiger partial charge in [-0.05, 0) is 39.1 Å².